The highest BCUT2D eigenvalue weighted by Gasteiger charge is 2.35. The van der Waals surface area contributed by atoms with E-state index >= 15 is 0 Å². The summed E-state index contributed by atoms with van der Waals surface area (Å²) in [6, 6.07) is 11.7. The maximum atomic E-state index is 12.8. The van der Waals surface area contributed by atoms with Crippen molar-refractivity contribution < 1.29 is 19.1 Å². The molecule has 2 aromatic rings. The summed E-state index contributed by atoms with van der Waals surface area (Å²) in [5.74, 6) is -0.467. The highest BCUT2D eigenvalue weighted by Crippen LogP contribution is 2.29. The lowest BCUT2D eigenvalue weighted by atomic mass is 10.1. The van der Waals surface area contributed by atoms with Crippen molar-refractivity contribution in [3.8, 4) is 5.75 Å². The van der Waals surface area contributed by atoms with Gasteiger partial charge in [0.15, 0.2) is 0 Å². The molecular weight excluding hydrogens is 444 g/mol. The number of hydrogen-bond acceptors (Lipinski definition) is 5. The molecule has 0 aliphatic carbocycles. The Bertz CT molecular complexity index is 1090. The molecule has 0 aromatic heterocycles. The molecule has 2 saturated heterocycles. The maximum Gasteiger partial charge on any atom is 0.329 e. The fraction of sp³-hybridized carbons (Fsp3) is 0.292. The Hall–Kier alpha value is -3.52. The Kier molecular flexibility index (Phi) is 6.84. The molecule has 8 nitrogen and oxygen atoms in total. The van der Waals surface area contributed by atoms with Crippen LogP contribution in [0, 0.1) is 0 Å². The summed E-state index contributed by atoms with van der Waals surface area (Å²) in [6.45, 7) is 1.60. The summed E-state index contributed by atoms with van der Waals surface area (Å²) in [5.41, 5.74) is 2.33. The van der Waals surface area contributed by atoms with Crippen molar-refractivity contribution in [3.63, 3.8) is 0 Å². The van der Waals surface area contributed by atoms with Gasteiger partial charge in [0.1, 0.15) is 18.0 Å². The minimum atomic E-state index is -0.651. The molecular formula is C24H25ClN4O4. The van der Waals surface area contributed by atoms with Crippen LogP contribution in [0.2, 0.25) is 5.02 Å². The zero-order valence-electron chi connectivity index (χ0n) is 18.3. The number of carbonyl (C=O) groups is 3. The van der Waals surface area contributed by atoms with Gasteiger partial charge in [-0.1, -0.05) is 11.6 Å². The smallest absolute Gasteiger partial charge is 0.329 e. The van der Waals surface area contributed by atoms with Crippen LogP contribution in [0.3, 0.4) is 0 Å². The van der Waals surface area contributed by atoms with Crippen molar-refractivity contribution in [3.05, 3.63) is 58.7 Å². The Morgan fingerprint density at radius 1 is 1.12 bits per heavy atom. The lowest BCUT2D eigenvalue weighted by Gasteiger charge is -2.29. The zero-order chi connectivity index (χ0) is 23.4. The fourth-order valence-corrected chi connectivity index (χ4v) is 4.04. The molecule has 0 unspecified atom stereocenters. The lowest BCUT2D eigenvalue weighted by molar-refractivity contribution is -0.127. The van der Waals surface area contributed by atoms with E-state index in [0.717, 1.165) is 36.5 Å². The molecule has 2 aliphatic rings. The van der Waals surface area contributed by atoms with E-state index in [1.165, 1.54) is 6.42 Å². The van der Waals surface area contributed by atoms with Crippen LogP contribution < -0.4 is 20.3 Å². The van der Waals surface area contributed by atoms with Gasteiger partial charge in [-0.2, -0.15) is 0 Å². The number of nitrogens with zero attached hydrogens (tertiary/aromatic N) is 2. The lowest BCUT2D eigenvalue weighted by Crippen LogP contribution is -2.38. The first-order chi connectivity index (χ1) is 15.9. The number of imide groups is 1. The summed E-state index contributed by atoms with van der Waals surface area (Å²) in [4.78, 5) is 40.7. The number of methoxy groups -OCH3 is 1. The summed E-state index contributed by atoms with van der Waals surface area (Å²) >= 11 is 5.84. The highest BCUT2D eigenvalue weighted by atomic mass is 35.5. The fourth-order valence-electron chi connectivity index (χ4n) is 3.92. The number of amides is 4. The summed E-state index contributed by atoms with van der Waals surface area (Å²) in [5, 5.41) is 5.72. The van der Waals surface area contributed by atoms with Crippen molar-refractivity contribution in [2.24, 2.45) is 0 Å². The first-order valence-electron chi connectivity index (χ1n) is 10.8. The molecule has 0 bridgehead atoms. The molecule has 0 saturated carbocycles. The van der Waals surface area contributed by atoms with Gasteiger partial charge in [0.2, 0.25) is 5.91 Å². The van der Waals surface area contributed by atoms with E-state index in [0.29, 0.717) is 22.0 Å². The van der Waals surface area contributed by atoms with Crippen LogP contribution in [-0.4, -0.2) is 49.5 Å². The van der Waals surface area contributed by atoms with Crippen LogP contribution >= 0.6 is 11.6 Å². The number of hydrogen-bond donors (Lipinski definition) is 2. The molecule has 4 amide bonds. The average Bonchev–Trinajstić information content (AvgIpc) is 3.08. The van der Waals surface area contributed by atoms with E-state index in [1.54, 1.807) is 37.5 Å². The van der Waals surface area contributed by atoms with Gasteiger partial charge in [0, 0.05) is 41.1 Å². The van der Waals surface area contributed by atoms with Crippen LogP contribution in [0.1, 0.15) is 24.8 Å². The van der Waals surface area contributed by atoms with Gasteiger partial charge < -0.3 is 20.3 Å². The second-order valence-electron chi connectivity index (χ2n) is 7.91. The first kappa shape index (κ1) is 22.7. The minimum absolute atomic E-state index is 0.0864. The van der Waals surface area contributed by atoms with E-state index < -0.39 is 24.4 Å². The van der Waals surface area contributed by atoms with Crippen molar-refractivity contribution in [2.45, 2.75) is 19.3 Å². The van der Waals surface area contributed by atoms with Crippen LogP contribution in [0.4, 0.5) is 16.2 Å². The predicted molar refractivity (Wildman–Crippen MR) is 127 cm³/mol. The third kappa shape index (κ3) is 5.28. The normalized spacial score (nSPS) is 17.3. The number of halogens is 1. The summed E-state index contributed by atoms with van der Waals surface area (Å²) < 4.78 is 5.53. The molecule has 2 N–H and O–H groups in total. The summed E-state index contributed by atoms with van der Waals surface area (Å²) in [7, 11) is 1.57. The Morgan fingerprint density at radius 2 is 1.85 bits per heavy atom. The Balaban J connectivity index is 1.46. The number of urea groups is 1. The van der Waals surface area contributed by atoms with Gasteiger partial charge in [0.25, 0.3) is 5.91 Å². The Morgan fingerprint density at radius 3 is 2.55 bits per heavy atom. The number of benzene rings is 2. The van der Waals surface area contributed by atoms with E-state index in [-0.39, 0.29) is 5.70 Å². The molecule has 33 heavy (non-hydrogen) atoms. The number of rotatable bonds is 6. The van der Waals surface area contributed by atoms with Gasteiger partial charge in [-0.15, -0.1) is 0 Å². The molecule has 2 heterocycles. The molecule has 2 aromatic carbocycles. The highest BCUT2D eigenvalue weighted by molar-refractivity contribution is 6.30. The summed E-state index contributed by atoms with van der Waals surface area (Å²) in [6.07, 6.45) is 5.14. The van der Waals surface area contributed by atoms with E-state index in [1.807, 2.05) is 18.2 Å². The number of piperidine rings is 1. The third-order valence-electron chi connectivity index (χ3n) is 5.63. The second kappa shape index (κ2) is 9.95. The molecule has 2 fully saturated rings. The number of ether oxygens (including phenoxy) is 1. The quantitative estimate of drug-likeness (QED) is 0.496. The molecule has 2 aliphatic heterocycles. The molecule has 0 atom stereocenters. The SMILES string of the molecule is COc1cc(N2CCCCC2)ccc1/C=C1\NC(=O)N(CC(=O)Nc2ccc(Cl)cc2)C1=O. The average molecular weight is 469 g/mol. The number of anilines is 2. The molecule has 4 rings (SSSR count). The van der Waals surface area contributed by atoms with Gasteiger partial charge in [-0.25, -0.2) is 9.69 Å². The van der Waals surface area contributed by atoms with Gasteiger partial charge >= 0.3 is 6.03 Å². The Labute approximate surface area is 197 Å². The monoisotopic (exact) mass is 468 g/mol. The predicted octanol–water partition coefficient (Wildman–Crippen LogP) is 3.87. The van der Waals surface area contributed by atoms with E-state index in [2.05, 4.69) is 15.5 Å². The number of nitrogens with one attached hydrogen (secondary N) is 2. The van der Waals surface area contributed by atoms with Crippen molar-refractivity contribution in [2.75, 3.05) is 37.0 Å². The van der Waals surface area contributed by atoms with Gasteiger partial charge in [-0.3, -0.25) is 9.59 Å². The molecule has 9 heteroatoms. The van der Waals surface area contributed by atoms with Crippen LogP contribution in [0.5, 0.6) is 5.75 Å². The van der Waals surface area contributed by atoms with Crippen molar-refractivity contribution >= 4 is 46.9 Å². The van der Waals surface area contributed by atoms with Crippen LogP contribution in [0.25, 0.3) is 6.08 Å². The van der Waals surface area contributed by atoms with Gasteiger partial charge in [-0.05, 0) is 61.7 Å². The second-order valence-corrected chi connectivity index (χ2v) is 8.34. The largest absolute Gasteiger partial charge is 0.496 e. The van der Waals surface area contributed by atoms with Crippen LogP contribution in [0.15, 0.2) is 48.2 Å². The van der Waals surface area contributed by atoms with Crippen molar-refractivity contribution in [1.29, 1.82) is 0 Å². The van der Waals surface area contributed by atoms with E-state index in [9.17, 15) is 14.4 Å². The number of carbonyl (C=O) groups excluding carboxylic acids is 3. The standard InChI is InChI=1S/C24H25ClN4O4/c1-33-21-14-19(28-11-3-2-4-12-28)10-5-16(21)13-20-23(31)29(24(32)27-20)15-22(30)26-18-8-6-17(25)7-9-18/h5-10,13-14H,2-4,11-12,15H2,1H3,(H,26,30)(H,27,32)/b20-13-. The molecule has 0 radical (unpaired) electrons. The zero-order valence-corrected chi connectivity index (χ0v) is 19.0. The topological polar surface area (TPSA) is 91.0 Å². The van der Waals surface area contributed by atoms with E-state index in [4.69, 9.17) is 16.3 Å². The minimum Gasteiger partial charge on any atom is -0.496 e. The molecule has 0 spiro atoms. The van der Waals surface area contributed by atoms with Gasteiger partial charge in [0.05, 0.1) is 7.11 Å². The first-order valence-corrected chi connectivity index (χ1v) is 11.2. The third-order valence-corrected chi connectivity index (χ3v) is 5.88. The van der Waals surface area contributed by atoms with Crippen LogP contribution in [-0.2, 0) is 9.59 Å². The van der Waals surface area contributed by atoms with Crippen molar-refractivity contribution in [1.82, 2.24) is 10.2 Å². The maximum absolute atomic E-state index is 12.8. The molecule has 172 valence electrons.